The van der Waals surface area contributed by atoms with Crippen molar-refractivity contribution in [1.29, 1.82) is 0 Å². The fraction of sp³-hybridized carbons (Fsp3) is 0.769. The zero-order chi connectivity index (χ0) is 13.0. The molecule has 0 heterocycles. The number of aliphatic hydroxyl groups is 1. The molecule has 1 saturated carbocycles. The summed E-state index contributed by atoms with van der Waals surface area (Å²) in [7, 11) is 0. The van der Waals surface area contributed by atoms with E-state index in [1.54, 1.807) is 6.08 Å². The largest absolute Gasteiger partial charge is 0.382 e. The van der Waals surface area contributed by atoms with E-state index in [0.717, 1.165) is 19.8 Å². The number of hydrogen-bond donors (Lipinski definition) is 1. The highest BCUT2D eigenvalue weighted by Crippen LogP contribution is 2.60. The van der Waals surface area contributed by atoms with Gasteiger partial charge in [-0.3, -0.25) is 4.79 Å². The van der Waals surface area contributed by atoms with Crippen molar-refractivity contribution >= 4 is 5.78 Å². The van der Waals surface area contributed by atoms with Gasteiger partial charge in [0.1, 0.15) is 6.10 Å². The Kier molecular flexibility index (Phi) is 2.69. The number of halogens is 2. The van der Waals surface area contributed by atoms with Crippen molar-refractivity contribution in [2.24, 2.45) is 17.3 Å². The first-order chi connectivity index (χ1) is 7.69. The number of aliphatic hydroxyl groups excluding tert-OH is 1. The predicted molar refractivity (Wildman–Crippen MR) is 59.7 cm³/mol. The molecule has 3 rings (SSSR count). The standard InChI is InChI=1S/C13H18F2O2/c1-7(16)13(14,15)11(17)9-5-4-8-6-10(9)12(8,2)3/h5,8,10-11,17H,4,6H2,1-3H3/t8?,10?,11-/m1/s1. The molecule has 3 aliphatic rings. The highest BCUT2D eigenvalue weighted by molar-refractivity contribution is 5.84. The van der Waals surface area contributed by atoms with Gasteiger partial charge in [-0.2, -0.15) is 8.78 Å². The smallest absolute Gasteiger partial charge is 0.333 e. The van der Waals surface area contributed by atoms with Crippen LogP contribution in [-0.4, -0.2) is 22.9 Å². The van der Waals surface area contributed by atoms with Crippen LogP contribution in [0.5, 0.6) is 0 Å². The molecule has 3 atom stereocenters. The van der Waals surface area contributed by atoms with Crippen molar-refractivity contribution in [3.05, 3.63) is 11.6 Å². The normalized spacial score (nSPS) is 32.5. The molecule has 0 aromatic heterocycles. The van der Waals surface area contributed by atoms with Crippen molar-refractivity contribution in [3.8, 4) is 0 Å². The van der Waals surface area contributed by atoms with Gasteiger partial charge in [0, 0.05) is 6.92 Å². The van der Waals surface area contributed by atoms with Crippen LogP contribution in [0.4, 0.5) is 8.78 Å². The van der Waals surface area contributed by atoms with Crippen LogP contribution in [0.1, 0.15) is 33.6 Å². The minimum atomic E-state index is -3.66. The molecule has 2 bridgehead atoms. The third kappa shape index (κ3) is 1.65. The Hall–Kier alpha value is -0.770. The number of hydrogen-bond acceptors (Lipinski definition) is 2. The Morgan fingerprint density at radius 1 is 1.59 bits per heavy atom. The van der Waals surface area contributed by atoms with E-state index in [4.69, 9.17) is 0 Å². The van der Waals surface area contributed by atoms with Crippen LogP contribution < -0.4 is 0 Å². The first-order valence-corrected chi connectivity index (χ1v) is 5.96. The molecular weight excluding hydrogens is 226 g/mol. The first-order valence-electron chi connectivity index (χ1n) is 5.96. The van der Waals surface area contributed by atoms with E-state index in [1.165, 1.54) is 0 Å². The maximum Gasteiger partial charge on any atom is 0.333 e. The van der Waals surface area contributed by atoms with Gasteiger partial charge in [-0.25, -0.2) is 0 Å². The highest BCUT2D eigenvalue weighted by atomic mass is 19.3. The van der Waals surface area contributed by atoms with Crippen molar-refractivity contribution < 1.29 is 18.7 Å². The van der Waals surface area contributed by atoms with Gasteiger partial charge in [0.2, 0.25) is 5.78 Å². The molecule has 2 unspecified atom stereocenters. The molecule has 0 aliphatic heterocycles. The molecule has 0 saturated heterocycles. The lowest BCUT2D eigenvalue weighted by Gasteiger charge is -2.57. The minimum Gasteiger partial charge on any atom is -0.382 e. The number of rotatable bonds is 3. The van der Waals surface area contributed by atoms with Crippen LogP contribution in [0.25, 0.3) is 0 Å². The molecule has 4 heteroatoms. The Morgan fingerprint density at radius 2 is 2.18 bits per heavy atom. The van der Waals surface area contributed by atoms with Crippen molar-refractivity contribution in [3.63, 3.8) is 0 Å². The molecule has 0 spiro atoms. The number of fused-ring (bicyclic) bond motifs is 1. The Balaban J connectivity index is 2.25. The van der Waals surface area contributed by atoms with Crippen LogP contribution >= 0.6 is 0 Å². The van der Waals surface area contributed by atoms with Crippen LogP contribution in [0.2, 0.25) is 0 Å². The SMILES string of the molecule is CC(=O)C(F)(F)[C@H](O)C1=CCC2CC1C2(C)C. The van der Waals surface area contributed by atoms with Crippen LogP contribution in [0, 0.1) is 17.3 Å². The Bertz CT molecular complexity index is 385. The Morgan fingerprint density at radius 3 is 2.59 bits per heavy atom. The summed E-state index contributed by atoms with van der Waals surface area (Å²) in [5.41, 5.74) is 0.329. The van der Waals surface area contributed by atoms with Crippen molar-refractivity contribution in [1.82, 2.24) is 0 Å². The molecular formula is C13H18F2O2. The third-order valence-corrected chi connectivity index (χ3v) is 4.64. The lowest BCUT2D eigenvalue weighted by molar-refractivity contribution is -0.157. The summed E-state index contributed by atoms with van der Waals surface area (Å²) >= 11 is 0. The lowest BCUT2D eigenvalue weighted by Crippen LogP contribution is -2.53. The van der Waals surface area contributed by atoms with Gasteiger partial charge in [0.25, 0.3) is 0 Å². The van der Waals surface area contributed by atoms with Gasteiger partial charge < -0.3 is 5.11 Å². The molecule has 0 aromatic rings. The van der Waals surface area contributed by atoms with Gasteiger partial charge in [0.15, 0.2) is 0 Å². The molecule has 96 valence electrons. The molecule has 3 aliphatic carbocycles. The zero-order valence-electron chi connectivity index (χ0n) is 10.3. The first kappa shape index (κ1) is 12.7. The van der Waals surface area contributed by atoms with Gasteiger partial charge in [0.05, 0.1) is 0 Å². The monoisotopic (exact) mass is 244 g/mol. The predicted octanol–water partition coefficient (Wildman–Crippen LogP) is 2.56. The highest BCUT2D eigenvalue weighted by Gasteiger charge is 2.56. The summed E-state index contributed by atoms with van der Waals surface area (Å²) in [6.45, 7) is 4.90. The van der Waals surface area contributed by atoms with E-state index >= 15 is 0 Å². The molecule has 0 aromatic carbocycles. The maximum absolute atomic E-state index is 13.5. The van der Waals surface area contributed by atoms with Gasteiger partial charge in [-0.1, -0.05) is 19.9 Å². The molecule has 17 heavy (non-hydrogen) atoms. The number of Topliss-reactive ketones (excluding diaryl/α,β-unsaturated/α-hetero) is 1. The average Bonchev–Trinajstić information content (AvgIpc) is 2.27. The minimum absolute atomic E-state index is 0.0125. The molecule has 1 N–H and O–H groups in total. The second kappa shape index (κ2) is 3.61. The number of allylic oxidation sites excluding steroid dienone is 1. The van der Waals surface area contributed by atoms with E-state index in [2.05, 4.69) is 0 Å². The van der Waals surface area contributed by atoms with Crippen LogP contribution in [0.3, 0.4) is 0 Å². The number of ketones is 1. The topological polar surface area (TPSA) is 37.3 Å². The molecule has 0 radical (unpaired) electrons. The second-order valence-electron chi connectivity index (χ2n) is 5.83. The number of carbonyl (C=O) groups excluding carboxylic acids is 1. The summed E-state index contributed by atoms with van der Waals surface area (Å²) in [4.78, 5) is 10.9. The van der Waals surface area contributed by atoms with Crippen molar-refractivity contribution in [2.45, 2.75) is 45.6 Å². The fourth-order valence-corrected chi connectivity index (χ4v) is 3.11. The second-order valence-corrected chi connectivity index (χ2v) is 5.83. The van der Waals surface area contributed by atoms with Crippen molar-refractivity contribution in [2.75, 3.05) is 0 Å². The van der Waals surface area contributed by atoms with E-state index < -0.39 is 17.8 Å². The molecule has 0 amide bonds. The van der Waals surface area contributed by atoms with E-state index in [9.17, 15) is 18.7 Å². The van der Waals surface area contributed by atoms with E-state index in [1.807, 2.05) is 13.8 Å². The van der Waals surface area contributed by atoms with Gasteiger partial charge >= 0.3 is 5.92 Å². The molecule has 2 nitrogen and oxygen atoms in total. The number of alkyl halides is 2. The fourth-order valence-electron chi connectivity index (χ4n) is 3.11. The zero-order valence-corrected chi connectivity index (χ0v) is 10.3. The number of carbonyl (C=O) groups is 1. The van der Waals surface area contributed by atoms with Crippen LogP contribution in [0.15, 0.2) is 11.6 Å². The lowest BCUT2D eigenvalue weighted by atomic mass is 9.48. The summed E-state index contributed by atoms with van der Waals surface area (Å²) in [5, 5.41) is 9.76. The third-order valence-electron chi connectivity index (χ3n) is 4.64. The average molecular weight is 244 g/mol. The van der Waals surface area contributed by atoms with Crippen LogP contribution in [-0.2, 0) is 4.79 Å². The summed E-state index contributed by atoms with van der Waals surface area (Å²) in [5.74, 6) is -4.43. The maximum atomic E-state index is 13.5. The Labute approximate surface area is 99.7 Å². The van der Waals surface area contributed by atoms with E-state index in [-0.39, 0.29) is 11.3 Å². The quantitative estimate of drug-likeness (QED) is 0.775. The van der Waals surface area contributed by atoms with Gasteiger partial charge in [-0.15, -0.1) is 0 Å². The summed E-state index contributed by atoms with van der Waals surface area (Å²) in [6.07, 6.45) is 1.32. The van der Waals surface area contributed by atoms with E-state index in [0.29, 0.717) is 11.5 Å². The summed E-state index contributed by atoms with van der Waals surface area (Å²) in [6, 6.07) is 0. The summed E-state index contributed by atoms with van der Waals surface area (Å²) < 4.78 is 27.1. The molecule has 1 fully saturated rings. The van der Waals surface area contributed by atoms with Gasteiger partial charge in [-0.05, 0) is 35.7 Å².